The number of nitrogens with one attached hydrogen (secondary N) is 4. The van der Waals surface area contributed by atoms with Crippen LogP contribution in [0.3, 0.4) is 0 Å². The molecule has 13 heteroatoms. The van der Waals surface area contributed by atoms with Crippen LogP contribution in [0.5, 0.6) is 0 Å². The van der Waals surface area contributed by atoms with Gasteiger partial charge in [-0.3, -0.25) is 19.4 Å². The minimum Gasteiger partial charge on any atom is -0.387 e. The molecule has 0 fully saturated rings. The molecule has 0 aliphatic rings. The van der Waals surface area contributed by atoms with Crippen molar-refractivity contribution in [3.63, 3.8) is 0 Å². The lowest BCUT2D eigenvalue weighted by molar-refractivity contribution is -0.125. The van der Waals surface area contributed by atoms with Crippen molar-refractivity contribution in [3.05, 3.63) is 121 Å². The zero-order chi connectivity index (χ0) is 39.2. The highest BCUT2D eigenvalue weighted by atomic mass is 32.2. The minimum absolute atomic E-state index is 0.309. The summed E-state index contributed by atoms with van der Waals surface area (Å²) in [6, 6.07) is 33.9. The van der Waals surface area contributed by atoms with Gasteiger partial charge in [-0.25, -0.2) is 9.59 Å². The number of amides is 6. The molecule has 0 radical (unpaired) electrons. The molecule has 11 nitrogen and oxygen atoms in total. The summed E-state index contributed by atoms with van der Waals surface area (Å²) in [6.45, 7) is 7.30. The van der Waals surface area contributed by atoms with Gasteiger partial charge in [0.2, 0.25) is 11.8 Å². The van der Waals surface area contributed by atoms with Crippen LogP contribution in [0.15, 0.2) is 131 Å². The molecule has 0 aliphatic carbocycles. The average molecular weight is 771 g/mol. The summed E-state index contributed by atoms with van der Waals surface area (Å²) >= 11 is 2.45. The molecule has 4 atom stereocenters. The van der Waals surface area contributed by atoms with Gasteiger partial charge in [-0.15, -0.1) is 0 Å². The largest absolute Gasteiger partial charge is 0.387 e. The number of aliphatic hydroxyl groups is 1. The Bertz CT molecular complexity index is 1660. The molecule has 2 unspecified atom stereocenters. The van der Waals surface area contributed by atoms with E-state index in [2.05, 4.69) is 21.3 Å². The number of benzene rings is 4. The summed E-state index contributed by atoms with van der Waals surface area (Å²) in [7, 11) is 3.25. The van der Waals surface area contributed by atoms with Crippen molar-refractivity contribution < 1.29 is 24.3 Å². The van der Waals surface area contributed by atoms with E-state index >= 15 is 0 Å². The number of urea groups is 2. The first-order valence-corrected chi connectivity index (χ1v) is 19.5. The number of para-hydroxylation sites is 2. The van der Waals surface area contributed by atoms with E-state index in [0.717, 1.165) is 9.79 Å². The van der Waals surface area contributed by atoms with Crippen LogP contribution in [-0.2, 0) is 9.59 Å². The Labute approximate surface area is 326 Å². The SMILES string of the molecule is CC(C)[C@H](NC(=O)N(C)c1ccccc1)C(=O)NC(Sc1ccccc1)C(O)C(NC(=O)[C@@H](NC(=O)N(C)c1ccccc1)C(C)C)Sc1ccccc1. The molecule has 0 aliphatic heterocycles. The molecule has 0 saturated carbocycles. The topological polar surface area (TPSA) is 143 Å². The van der Waals surface area contributed by atoms with Gasteiger partial charge in [0.05, 0.1) is 0 Å². The fraction of sp³-hybridized carbons (Fsp3) is 0.317. The lowest BCUT2D eigenvalue weighted by atomic mass is 10.0. The molecule has 54 heavy (non-hydrogen) atoms. The zero-order valence-electron chi connectivity index (χ0n) is 31.4. The van der Waals surface area contributed by atoms with Crippen molar-refractivity contribution >= 4 is 58.8 Å². The van der Waals surface area contributed by atoms with E-state index in [4.69, 9.17) is 0 Å². The normalized spacial score (nSPS) is 13.9. The first-order valence-electron chi connectivity index (χ1n) is 17.8. The fourth-order valence-electron chi connectivity index (χ4n) is 5.35. The Balaban J connectivity index is 1.61. The van der Waals surface area contributed by atoms with Crippen LogP contribution in [0.2, 0.25) is 0 Å². The molecule has 0 bridgehead atoms. The molecule has 0 aromatic heterocycles. The van der Waals surface area contributed by atoms with E-state index < -0.39 is 52.8 Å². The third-order valence-electron chi connectivity index (χ3n) is 8.55. The molecule has 0 saturated heterocycles. The van der Waals surface area contributed by atoms with Crippen molar-refractivity contribution in [1.82, 2.24) is 21.3 Å². The Morgan fingerprint density at radius 2 is 0.796 bits per heavy atom. The molecule has 286 valence electrons. The van der Waals surface area contributed by atoms with Gasteiger partial charge in [-0.05, 0) is 60.4 Å². The highest BCUT2D eigenvalue weighted by Gasteiger charge is 2.37. The number of anilines is 2. The molecule has 6 amide bonds. The van der Waals surface area contributed by atoms with Gasteiger partial charge in [-0.1, -0.05) is 124 Å². The van der Waals surface area contributed by atoms with Crippen LogP contribution in [0.1, 0.15) is 27.7 Å². The molecule has 4 aromatic carbocycles. The monoisotopic (exact) mass is 770 g/mol. The standard InChI is InChI=1S/C41H50N6O5S2/c1-27(2)33(42-40(51)46(5)29-19-11-7-12-20-29)36(49)44-38(53-31-23-15-9-16-24-31)35(48)39(54-32-25-17-10-18-26-32)45-37(50)34(28(3)4)43-41(52)47(6)30-21-13-8-14-22-30/h7-28,33-35,38-39,48H,1-6H3,(H,42,51)(H,43,52)(H,44,49)(H,45,50)/t33-,34-,35?,38?,39?/m0/s1. The smallest absolute Gasteiger partial charge is 0.322 e. The Hall–Kier alpha value is -4.98. The lowest BCUT2D eigenvalue weighted by Gasteiger charge is -2.34. The van der Waals surface area contributed by atoms with Crippen molar-refractivity contribution in [2.75, 3.05) is 23.9 Å². The highest BCUT2D eigenvalue weighted by molar-refractivity contribution is 8.01. The number of thioether (sulfide) groups is 2. The summed E-state index contributed by atoms with van der Waals surface area (Å²) in [5, 5.41) is 21.9. The van der Waals surface area contributed by atoms with Gasteiger partial charge < -0.3 is 26.4 Å². The maximum atomic E-state index is 14.1. The molecular formula is C41H50N6O5S2. The first-order chi connectivity index (χ1) is 25.8. The average Bonchev–Trinajstić information content (AvgIpc) is 3.18. The Kier molecular flexibility index (Phi) is 15.8. The maximum Gasteiger partial charge on any atom is 0.322 e. The number of hydrogen-bond donors (Lipinski definition) is 5. The van der Waals surface area contributed by atoms with Crippen LogP contribution in [0.4, 0.5) is 21.0 Å². The molecular weight excluding hydrogens is 721 g/mol. The Morgan fingerprint density at radius 3 is 1.09 bits per heavy atom. The van der Waals surface area contributed by atoms with Gasteiger partial charge in [-0.2, -0.15) is 0 Å². The predicted octanol–water partition coefficient (Wildman–Crippen LogP) is 6.56. The van der Waals surface area contributed by atoms with E-state index in [1.54, 1.807) is 38.4 Å². The van der Waals surface area contributed by atoms with Gasteiger partial charge in [0.1, 0.15) is 28.9 Å². The molecule has 4 rings (SSSR count). The highest BCUT2D eigenvalue weighted by Crippen LogP contribution is 2.31. The lowest BCUT2D eigenvalue weighted by Crippen LogP contribution is -2.59. The molecule has 5 N–H and O–H groups in total. The fourth-order valence-corrected chi connectivity index (χ4v) is 7.60. The van der Waals surface area contributed by atoms with E-state index in [1.807, 2.05) is 125 Å². The Morgan fingerprint density at radius 1 is 0.500 bits per heavy atom. The third kappa shape index (κ3) is 12.0. The molecule has 0 spiro atoms. The van der Waals surface area contributed by atoms with Crippen LogP contribution in [-0.4, -0.2) is 72.0 Å². The van der Waals surface area contributed by atoms with E-state index in [0.29, 0.717) is 11.4 Å². The summed E-state index contributed by atoms with van der Waals surface area (Å²) in [4.78, 5) is 59.2. The van der Waals surface area contributed by atoms with Crippen LogP contribution >= 0.6 is 23.5 Å². The second-order valence-corrected chi connectivity index (χ2v) is 15.8. The molecule has 4 aromatic rings. The van der Waals surface area contributed by atoms with Crippen molar-refractivity contribution in [1.29, 1.82) is 0 Å². The van der Waals surface area contributed by atoms with E-state index in [9.17, 15) is 24.3 Å². The summed E-state index contributed by atoms with van der Waals surface area (Å²) in [5.74, 6) is -1.62. The summed E-state index contributed by atoms with van der Waals surface area (Å²) in [5.41, 5.74) is 1.31. The number of carbonyl (C=O) groups excluding carboxylic acids is 4. The second-order valence-electron chi connectivity index (χ2n) is 13.3. The zero-order valence-corrected chi connectivity index (χ0v) is 33.0. The van der Waals surface area contributed by atoms with Gasteiger partial charge in [0.15, 0.2) is 0 Å². The minimum atomic E-state index is -1.36. The first kappa shape index (κ1) is 41.8. The van der Waals surface area contributed by atoms with Gasteiger partial charge >= 0.3 is 12.1 Å². The van der Waals surface area contributed by atoms with Gasteiger partial charge in [0.25, 0.3) is 0 Å². The quantitative estimate of drug-likeness (QED) is 0.0642. The molecule has 0 heterocycles. The van der Waals surface area contributed by atoms with E-state index in [1.165, 1.54) is 33.3 Å². The summed E-state index contributed by atoms with van der Waals surface area (Å²) in [6.07, 6.45) is -1.36. The van der Waals surface area contributed by atoms with Crippen molar-refractivity contribution in [2.24, 2.45) is 11.8 Å². The second kappa shape index (κ2) is 20.5. The third-order valence-corrected chi connectivity index (χ3v) is 10.9. The van der Waals surface area contributed by atoms with Crippen LogP contribution in [0, 0.1) is 11.8 Å². The number of carbonyl (C=O) groups is 4. The maximum absolute atomic E-state index is 14.1. The number of aliphatic hydroxyl groups excluding tert-OH is 1. The van der Waals surface area contributed by atoms with E-state index in [-0.39, 0.29) is 11.8 Å². The summed E-state index contributed by atoms with van der Waals surface area (Å²) < 4.78 is 0. The van der Waals surface area contributed by atoms with Gasteiger partial charge in [0, 0.05) is 35.3 Å². The van der Waals surface area contributed by atoms with Crippen LogP contribution < -0.4 is 31.1 Å². The van der Waals surface area contributed by atoms with Crippen molar-refractivity contribution in [2.45, 2.75) is 66.4 Å². The van der Waals surface area contributed by atoms with Crippen molar-refractivity contribution in [3.8, 4) is 0 Å². The van der Waals surface area contributed by atoms with Crippen LogP contribution in [0.25, 0.3) is 0 Å². The number of nitrogens with zero attached hydrogens (tertiary/aromatic N) is 2. The number of rotatable bonds is 16. The predicted molar refractivity (Wildman–Crippen MR) is 218 cm³/mol. The number of hydrogen-bond acceptors (Lipinski definition) is 7.